The monoisotopic (exact) mass is 660 g/mol. The Balaban J connectivity index is 1.91. The van der Waals surface area contributed by atoms with Crippen molar-refractivity contribution in [1.29, 1.82) is 5.26 Å². The van der Waals surface area contributed by atoms with Gasteiger partial charge < -0.3 is 31.2 Å². The smallest absolute Gasteiger partial charge is 0.437 e. The van der Waals surface area contributed by atoms with Gasteiger partial charge in [-0.25, -0.2) is 28.0 Å². The van der Waals surface area contributed by atoms with Crippen LogP contribution in [-0.2, 0) is 47.7 Å². The summed E-state index contributed by atoms with van der Waals surface area (Å²) in [5.74, 6) is -6.40. The molecule has 0 radical (unpaired) electrons. The largest absolute Gasteiger partial charge is 0.480 e. The van der Waals surface area contributed by atoms with Gasteiger partial charge in [-0.2, -0.15) is 5.26 Å². The number of carbonyl (C=O) groups is 3. The summed E-state index contributed by atoms with van der Waals surface area (Å²) >= 11 is 0. The summed E-state index contributed by atoms with van der Waals surface area (Å²) in [6.07, 6.45) is -3.13. The van der Waals surface area contributed by atoms with Gasteiger partial charge in [0, 0.05) is 6.20 Å². The van der Waals surface area contributed by atoms with Gasteiger partial charge in [0.05, 0.1) is 21.8 Å². The number of anilines is 1. The zero-order valence-corrected chi connectivity index (χ0v) is 26.1. The normalized spacial score (nSPS) is 23.9. The Morgan fingerprint density at radius 3 is 2.07 bits per heavy atom. The number of nitrogen functional groups attached to an aromatic ring is 1. The van der Waals surface area contributed by atoms with Crippen LogP contribution in [0.2, 0.25) is 0 Å². The molecule has 6 N–H and O–H groups in total. The molecule has 2 aromatic heterocycles. The van der Waals surface area contributed by atoms with Crippen molar-refractivity contribution in [2.24, 2.45) is 16.6 Å². The summed E-state index contributed by atoms with van der Waals surface area (Å²) in [7, 11) is -5.01. The molecule has 1 aliphatic heterocycles. The van der Waals surface area contributed by atoms with E-state index in [9.17, 15) is 34.4 Å². The van der Waals surface area contributed by atoms with Crippen LogP contribution in [0, 0.1) is 22.2 Å². The van der Waals surface area contributed by atoms with Gasteiger partial charge in [-0.1, -0.05) is 0 Å². The minimum absolute atomic E-state index is 0.154. The van der Waals surface area contributed by atoms with Crippen LogP contribution in [0.3, 0.4) is 0 Å². The highest BCUT2D eigenvalue weighted by Crippen LogP contribution is 2.53. The number of primary amides is 1. The molecule has 0 saturated carbocycles. The lowest BCUT2D eigenvalue weighted by Crippen LogP contribution is -2.45. The van der Waals surface area contributed by atoms with Gasteiger partial charge in [0.1, 0.15) is 42.7 Å². The number of alkyl halides is 1. The molecular formula is C25H34FN6O12P. The summed E-state index contributed by atoms with van der Waals surface area (Å²) in [6.45, 7) is 5.53. The topological polar surface area (TPSA) is 271 Å². The minimum Gasteiger partial charge on any atom is -0.437 e. The lowest BCUT2D eigenvalue weighted by Gasteiger charge is -2.28. The number of phosphoric ester groups is 1. The Morgan fingerprint density at radius 2 is 1.60 bits per heavy atom. The first-order valence-corrected chi connectivity index (χ1v) is 14.5. The Kier molecular flexibility index (Phi) is 9.97. The van der Waals surface area contributed by atoms with Gasteiger partial charge in [0.2, 0.25) is 13.6 Å². The number of aromatic nitrogens is 3. The first-order valence-electron chi connectivity index (χ1n) is 13.1. The van der Waals surface area contributed by atoms with E-state index in [4.69, 9.17) is 39.2 Å². The van der Waals surface area contributed by atoms with E-state index < -0.39 is 80.5 Å². The number of aliphatic hydroxyl groups excluding tert-OH is 2. The van der Waals surface area contributed by atoms with E-state index in [1.165, 1.54) is 41.5 Å². The van der Waals surface area contributed by atoms with Crippen LogP contribution in [0.5, 0.6) is 0 Å². The maximum atomic E-state index is 16.2. The van der Waals surface area contributed by atoms with Crippen LogP contribution < -0.4 is 11.5 Å². The van der Waals surface area contributed by atoms with Gasteiger partial charge in [-0.15, -0.1) is 0 Å². The Bertz CT molecular complexity index is 1530. The fraction of sp³-hybridized carbons (Fsp3) is 0.600. The third-order valence-electron chi connectivity index (χ3n) is 6.31. The van der Waals surface area contributed by atoms with Gasteiger partial charge in [-0.3, -0.25) is 28.2 Å². The number of fused-ring (bicyclic) bond motifs is 1. The predicted molar refractivity (Wildman–Crippen MR) is 148 cm³/mol. The van der Waals surface area contributed by atoms with Crippen LogP contribution in [0.4, 0.5) is 10.2 Å². The molecule has 2 aromatic rings. The minimum atomic E-state index is -5.01. The number of esters is 2. The van der Waals surface area contributed by atoms with Crippen molar-refractivity contribution in [3.05, 3.63) is 18.1 Å². The fourth-order valence-corrected chi connectivity index (χ4v) is 4.73. The number of amides is 1. The van der Waals surface area contributed by atoms with Crippen LogP contribution in [0.1, 0.15) is 51.9 Å². The van der Waals surface area contributed by atoms with Gasteiger partial charge in [-0.05, 0) is 41.5 Å². The summed E-state index contributed by atoms with van der Waals surface area (Å²) in [6, 6.07) is 1.55. The standard InChI is InChI=1S/C25H34FN6O12P/c1-22(2,3)20(36)39-11-42-45(38,43-12-40-21(37)23(4,5)6)41-9-24(26)15(33)16(34)25(8-27,44-24)32-7-13(18(29)35)14-17(28)30-10-31-19(14)32/h7,10,15-16,33-34H,9,11-12H2,1-6H3,(H2,29,35)(H2,28,30,31)/t15-,16+,24+,25+/m0/s1. The number of hydrogen-bond acceptors (Lipinski definition) is 16. The highest BCUT2D eigenvalue weighted by molar-refractivity contribution is 7.48. The number of phosphoric acid groups is 1. The number of hydrogen-bond donors (Lipinski definition) is 4. The zero-order valence-electron chi connectivity index (χ0n) is 25.2. The first-order chi connectivity index (χ1) is 20.6. The van der Waals surface area contributed by atoms with Crippen LogP contribution in [0.15, 0.2) is 12.5 Å². The first kappa shape index (κ1) is 35.7. The van der Waals surface area contributed by atoms with Crippen molar-refractivity contribution in [2.75, 3.05) is 25.9 Å². The van der Waals surface area contributed by atoms with Crippen LogP contribution in [-0.4, -0.2) is 80.8 Å². The second-order valence-corrected chi connectivity index (χ2v) is 13.6. The molecule has 248 valence electrons. The van der Waals surface area contributed by atoms with E-state index in [1.54, 1.807) is 6.07 Å². The number of nitrogens with zero attached hydrogens (tertiary/aromatic N) is 4. The van der Waals surface area contributed by atoms with Crippen molar-refractivity contribution in [1.82, 2.24) is 14.5 Å². The van der Waals surface area contributed by atoms with E-state index in [2.05, 4.69) is 9.97 Å². The average Bonchev–Trinajstić information content (AvgIpc) is 3.43. The third kappa shape index (κ3) is 7.23. The molecular weight excluding hydrogens is 626 g/mol. The Labute approximate surface area is 255 Å². The van der Waals surface area contributed by atoms with Gasteiger partial charge >= 0.3 is 19.8 Å². The molecule has 3 rings (SSSR count). The molecule has 20 heteroatoms. The summed E-state index contributed by atoms with van der Waals surface area (Å²) < 4.78 is 60.3. The molecule has 0 aromatic carbocycles. The van der Waals surface area contributed by atoms with Gasteiger partial charge in [0.15, 0.2) is 0 Å². The molecule has 4 atom stereocenters. The SMILES string of the molecule is CC(C)(C)C(=O)OCOP(=O)(OCOC(=O)C(C)(C)C)OC[C@@]1(F)O[C@@](C#N)(n2cc(C(N)=O)c3c(N)ncnc32)[C@H](O)[C@@H]1O. The second kappa shape index (κ2) is 12.6. The molecule has 0 spiro atoms. The van der Waals surface area contributed by atoms with Crippen LogP contribution in [0.25, 0.3) is 11.0 Å². The molecule has 1 fully saturated rings. The van der Waals surface area contributed by atoms with E-state index >= 15 is 4.39 Å². The number of ether oxygens (including phenoxy) is 3. The fourth-order valence-electron chi connectivity index (χ4n) is 3.80. The highest BCUT2D eigenvalue weighted by atomic mass is 31.2. The number of halogens is 1. The summed E-state index contributed by atoms with van der Waals surface area (Å²) in [5, 5.41) is 31.6. The number of carbonyl (C=O) groups excluding carboxylic acids is 3. The van der Waals surface area contributed by atoms with Crippen molar-refractivity contribution < 1.29 is 61.3 Å². The summed E-state index contributed by atoms with van der Waals surface area (Å²) in [4.78, 5) is 44.0. The Hall–Kier alpha value is -3.76. The molecule has 18 nitrogen and oxygen atoms in total. The second-order valence-electron chi connectivity index (χ2n) is 11.9. The third-order valence-corrected chi connectivity index (χ3v) is 7.60. The molecule has 0 bridgehead atoms. The van der Waals surface area contributed by atoms with Crippen molar-refractivity contribution in [2.45, 2.75) is 65.3 Å². The lowest BCUT2D eigenvalue weighted by molar-refractivity contribution is -0.225. The molecule has 1 saturated heterocycles. The molecule has 0 unspecified atom stereocenters. The number of rotatable bonds is 11. The Morgan fingerprint density at radius 1 is 1.07 bits per heavy atom. The molecule has 3 heterocycles. The van der Waals surface area contributed by atoms with Crippen molar-refractivity contribution >= 4 is 42.5 Å². The van der Waals surface area contributed by atoms with Gasteiger partial charge in [0.25, 0.3) is 17.5 Å². The van der Waals surface area contributed by atoms with Crippen molar-refractivity contribution in [3.8, 4) is 6.07 Å². The maximum absolute atomic E-state index is 16.2. The average molecular weight is 661 g/mol. The number of nitriles is 1. The molecule has 1 amide bonds. The molecule has 0 aliphatic carbocycles. The predicted octanol–water partition coefficient (Wildman–Crippen LogP) is 0.958. The number of aliphatic hydroxyl groups is 2. The van der Waals surface area contributed by atoms with E-state index in [-0.39, 0.29) is 22.4 Å². The van der Waals surface area contributed by atoms with E-state index in [0.717, 1.165) is 17.1 Å². The molecule has 45 heavy (non-hydrogen) atoms. The molecule has 1 aliphatic rings. The lowest BCUT2D eigenvalue weighted by atomic mass is 9.98. The highest BCUT2D eigenvalue weighted by Gasteiger charge is 2.66. The van der Waals surface area contributed by atoms with Crippen LogP contribution >= 0.6 is 7.82 Å². The number of nitrogens with two attached hydrogens (primary N) is 2. The maximum Gasteiger partial charge on any atom is 0.480 e. The quantitative estimate of drug-likeness (QED) is 0.148. The zero-order chi connectivity index (χ0) is 34.2. The van der Waals surface area contributed by atoms with Crippen molar-refractivity contribution in [3.63, 3.8) is 0 Å². The summed E-state index contributed by atoms with van der Waals surface area (Å²) in [5.41, 5.74) is 5.81. The van der Waals surface area contributed by atoms with E-state index in [1.807, 2.05) is 0 Å². The van der Waals surface area contributed by atoms with E-state index in [0.29, 0.717) is 0 Å².